The Bertz CT molecular complexity index is 810. The molecule has 0 unspecified atom stereocenters. The van der Waals surface area contributed by atoms with Crippen LogP contribution in [0.15, 0.2) is 42.7 Å². The summed E-state index contributed by atoms with van der Waals surface area (Å²) in [4.78, 5) is 4.41. The van der Waals surface area contributed by atoms with Crippen LogP contribution in [0.5, 0.6) is 17.2 Å². The van der Waals surface area contributed by atoms with Gasteiger partial charge in [0.15, 0.2) is 11.5 Å². The van der Waals surface area contributed by atoms with E-state index < -0.39 is 0 Å². The summed E-state index contributed by atoms with van der Waals surface area (Å²) in [6.45, 7) is 1.02. The third-order valence-electron chi connectivity index (χ3n) is 3.62. The van der Waals surface area contributed by atoms with Crippen molar-refractivity contribution in [3.05, 3.63) is 48.3 Å². The van der Waals surface area contributed by atoms with Crippen LogP contribution < -0.4 is 14.2 Å². The zero-order valence-electron chi connectivity index (χ0n) is 11.6. The topological polar surface area (TPSA) is 45.5 Å². The van der Waals surface area contributed by atoms with E-state index in [9.17, 15) is 0 Å². The fraction of sp³-hybridized carbons (Fsp3) is 0.188. The van der Waals surface area contributed by atoms with Crippen LogP contribution in [-0.2, 0) is 6.54 Å². The maximum Gasteiger partial charge on any atom is 0.231 e. The largest absolute Gasteiger partial charge is 0.497 e. The SMILES string of the molecule is COc1ccc2ncn(Cc3ccc4c(c3)OCO4)c2c1. The number of ether oxygens (including phenoxy) is 3. The molecule has 0 atom stereocenters. The van der Waals surface area contributed by atoms with E-state index in [0.29, 0.717) is 6.79 Å². The summed E-state index contributed by atoms with van der Waals surface area (Å²) < 4.78 is 18.1. The minimum Gasteiger partial charge on any atom is -0.497 e. The molecular formula is C16H14N2O3. The van der Waals surface area contributed by atoms with Gasteiger partial charge in [-0.15, -0.1) is 0 Å². The molecule has 5 nitrogen and oxygen atoms in total. The average Bonchev–Trinajstić information content (AvgIpc) is 3.13. The molecule has 0 aliphatic carbocycles. The first kappa shape index (κ1) is 12.1. The van der Waals surface area contributed by atoms with Gasteiger partial charge in [-0.25, -0.2) is 4.98 Å². The third-order valence-corrected chi connectivity index (χ3v) is 3.62. The number of imidazole rings is 1. The molecule has 0 N–H and O–H groups in total. The minimum absolute atomic E-state index is 0.296. The van der Waals surface area contributed by atoms with E-state index in [0.717, 1.165) is 40.4 Å². The molecule has 106 valence electrons. The van der Waals surface area contributed by atoms with Crippen molar-refractivity contribution < 1.29 is 14.2 Å². The van der Waals surface area contributed by atoms with Crippen molar-refractivity contribution in [1.29, 1.82) is 0 Å². The Morgan fingerprint density at radius 2 is 2.05 bits per heavy atom. The predicted octanol–water partition coefficient (Wildman–Crippen LogP) is 2.82. The summed E-state index contributed by atoms with van der Waals surface area (Å²) in [6, 6.07) is 11.9. The highest BCUT2D eigenvalue weighted by atomic mass is 16.7. The number of benzene rings is 2. The van der Waals surface area contributed by atoms with Crippen LogP contribution in [0, 0.1) is 0 Å². The van der Waals surface area contributed by atoms with Crippen LogP contribution in [0.4, 0.5) is 0 Å². The maximum atomic E-state index is 5.42. The number of methoxy groups -OCH3 is 1. The van der Waals surface area contributed by atoms with Crippen molar-refractivity contribution in [2.75, 3.05) is 13.9 Å². The van der Waals surface area contributed by atoms with Gasteiger partial charge in [0.2, 0.25) is 6.79 Å². The lowest BCUT2D eigenvalue weighted by atomic mass is 10.2. The Morgan fingerprint density at radius 3 is 2.95 bits per heavy atom. The number of aromatic nitrogens is 2. The van der Waals surface area contributed by atoms with Crippen LogP contribution in [0.2, 0.25) is 0 Å². The second kappa shape index (κ2) is 4.70. The molecule has 0 amide bonds. The number of nitrogens with zero attached hydrogens (tertiary/aromatic N) is 2. The van der Waals surface area contributed by atoms with E-state index in [1.165, 1.54) is 0 Å². The molecule has 0 saturated heterocycles. The van der Waals surface area contributed by atoms with Gasteiger partial charge in [-0.1, -0.05) is 6.07 Å². The highest BCUT2D eigenvalue weighted by molar-refractivity contribution is 5.77. The van der Waals surface area contributed by atoms with E-state index in [1.807, 2.05) is 42.7 Å². The minimum atomic E-state index is 0.296. The second-order valence-corrected chi connectivity index (χ2v) is 4.91. The van der Waals surface area contributed by atoms with Crippen molar-refractivity contribution in [2.45, 2.75) is 6.54 Å². The Morgan fingerprint density at radius 1 is 1.14 bits per heavy atom. The molecule has 0 spiro atoms. The lowest BCUT2D eigenvalue weighted by Gasteiger charge is -2.07. The van der Waals surface area contributed by atoms with Gasteiger partial charge in [0.1, 0.15) is 5.75 Å². The van der Waals surface area contributed by atoms with E-state index in [2.05, 4.69) is 9.55 Å². The fourth-order valence-electron chi connectivity index (χ4n) is 2.53. The van der Waals surface area contributed by atoms with Crippen molar-refractivity contribution in [3.8, 4) is 17.2 Å². The molecule has 1 aliphatic heterocycles. The molecule has 0 fully saturated rings. The van der Waals surface area contributed by atoms with Gasteiger partial charge in [-0.2, -0.15) is 0 Å². The van der Waals surface area contributed by atoms with Crippen LogP contribution in [-0.4, -0.2) is 23.5 Å². The molecular weight excluding hydrogens is 268 g/mol. The Labute approximate surface area is 121 Å². The summed E-state index contributed by atoms with van der Waals surface area (Å²) >= 11 is 0. The lowest BCUT2D eigenvalue weighted by Crippen LogP contribution is -1.98. The van der Waals surface area contributed by atoms with Gasteiger partial charge >= 0.3 is 0 Å². The number of fused-ring (bicyclic) bond motifs is 2. The molecule has 2 aromatic carbocycles. The summed E-state index contributed by atoms with van der Waals surface area (Å²) in [6.07, 6.45) is 1.84. The van der Waals surface area contributed by atoms with Crippen LogP contribution in [0.3, 0.4) is 0 Å². The number of rotatable bonds is 3. The average molecular weight is 282 g/mol. The number of hydrogen-bond acceptors (Lipinski definition) is 4. The van der Waals surface area contributed by atoms with Crippen molar-refractivity contribution in [1.82, 2.24) is 9.55 Å². The standard InChI is InChI=1S/C16H14N2O3/c1-19-12-3-4-13-14(7-12)18(9-17-13)8-11-2-5-15-16(6-11)21-10-20-15/h2-7,9H,8,10H2,1H3. The molecule has 2 heterocycles. The zero-order valence-corrected chi connectivity index (χ0v) is 11.6. The molecule has 0 bridgehead atoms. The van der Waals surface area contributed by atoms with Gasteiger partial charge in [0.25, 0.3) is 0 Å². The predicted molar refractivity (Wildman–Crippen MR) is 78.0 cm³/mol. The Hall–Kier alpha value is -2.69. The van der Waals surface area contributed by atoms with E-state index in [4.69, 9.17) is 14.2 Å². The molecule has 0 saturated carbocycles. The highest BCUT2D eigenvalue weighted by Crippen LogP contribution is 2.33. The van der Waals surface area contributed by atoms with E-state index >= 15 is 0 Å². The smallest absolute Gasteiger partial charge is 0.231 e. The summed E-state index contributed by atoms with van der Waals surface area (Å²) in [7, 11) is 1.67. The molecule has 3 aromatic rings. The summed E-state index contributed by atoms with van der Waals surface area (Å²) in [5.41, 5.74) is 3.14. The molecule has 4 rings (SSSR count). The lowest BCUT2D eigenvalue weighted by molar-refractivity contribution is 0.174. The first-order valence-corrected chi connectivity index (χ1v) is 6.71. The van der Waals surface area contributed by atoms with Gasteiger partial charge in [0, 0.05) is 12.6 Å². The van der Waals surface area contributed by atoms with E-state index in [-0.39, 0.29) is 0 Å². The first-order chi connectivity index (χ1) is 10.3. The van der Waals surface area contributed by atoms with Crippen LogP contribution in [0.1, 0.15) is 5.56 Å². The normalized spacial score (nSPS) is 12.8. The first-order valence-electron chi connectivity index (χ1n) is 6.71. The molecule has 1 aromatic heterocycles. The Kier molecular flexibility index (Phi) is 2.70. The highest BCUT2D eigenvalue weighted by Gasteiger charge is 2.13. The van der Waals surface area contributed by atoms with E-state index in [1.54, 1.807) is 7.11 Å². The van der Waals surface area contributed by atoms with Crippen LogP contribution >= 0.6 is 0 Å². The number of hydrogen-bond donors (Lipinski definition) is 0. The molecule has 21 heavy (non-hydrogen) atoms. The third kappa shape index (κ3) is 2.07. The quantitative estimate of drug-likeness (QED) is 0.741. The molecule has 1 aliphatic rings. The monoisotopic (exact) mass is 282 g/mol. The fourth-order valence-corrected chi connectivity index (χ4v) is 2.53. The summed E-state index contributed by atoms with van der Waals surface area (Å²) in [5, 5.41) is 0. The van der Waals surface area contributed by atoms with Gasteiger partial charge in [-0.05, 0) is 29.8 Å². The molecule has 5 heteroatoms. The van der Waals surface area contributed by atoms with Gasteiger partial charge < -0.3 is 18.8 Å². The second-order valence-electron chi connectivity index (χ2n) is 4.91. The van der Waals surface area contributed by atoms with Crippen molar-refractivity contribution >= 4 is 11.0 Å². The van der Waals surface area contributed by atoms with Gasteiger partial charge in [-0.3, -0.25) is 0 Å². The van der Waals surface area contributed by atoms with Crippen LogP contribution in [0.25, 0.3) is 11.0 Å². The van der Waals surface area contributed by atoms with Crippen molar-refractivity contribution in [3.63, 3.8) is 0 Å². The Balaban J connectivity index is 1.70. The van der Waals surface area contributed by atoms with Crippen molar-refractivity contribution in [2.24, 2.45) is 0 Å². The summed E-state index contributed by atoms with van der Waals surface area (Å²) in [5.74, 6) is 2.43. The molecule has 0 radical (unpaired) electrons. The maximum absolute atomic E-state index is 5.42. The zero-order chi connectivity index (χ0) is 14.2. The van der Waals surface area contributed by atoms with Gasteiger partial charge in [0.05, 0.1) is 24.5 Å².